The lowest BCUT2D eigenvalue weighted by Gasteiger charge is -2.19. The first kappa shape index (κ1) is 16.5. The molecule has 120 valence electrons. The van der Waals surface area contributed by atoms with Crippen LogP contribution in [0.2, 0.25) is 0 Å². The van der Waals surface area contributed by atoms with Gasteiger partial charge in [0.15, 0.2) is 0 Å². The Hall–Kier alpha value is -1.84. The van der Waals surface area contributed by atoms with Crippen LogP contribution in [0.4, 0.5) is 0 Å². The fraction of sp³-hybridized carbons (Fsp3) is 0.556. The molecule has 0 saturated heterocycles. The molecule has 2 amide bonds. The quantitative estimate of drug-likeness (QED) is 0.849. The molecule has 0 aromatic heterocycles. The van der Waals surface area contributed by atoms with Crippen LogP contribution in [0.25, 0.3) is 0 Å². The molecule has 1 aliphatic carbocycles. The van der Waals surface area contributed by atoms with E-state index in [-0.39, 0.29) is 17.9 Å². The van der Waals surface area contributed by atoms with Crippen molar-refractivity contribution >= 4 is 11.8 Å². The first-order valence-corrected chi connectivity index (χ1v) is 8.21. The van der Waals surface area contributed by atoms with Crippen molar-refractivity contribution in [3.63, 3.8) is 0 Å². The van der Waals surface area contributed by atoms with Crippen LogP contribution in [-0.2, 0) is 9.59 Å². The topological polar surface area (TPSA) is 58.2 Å². The van der Waals surface area contributed by atoms with Gasteiger partial charge in [-0.2, -0.15) is 0 Å². The monoisotopic (exact) mass is 302 g/mol. The molecular formula is C18H26N2O2. The Morgan fingerprint density at radius 2 is 1.73 bits per heavy atom. The second-order valence-electron chi connectivity index (χ2n) is 6.28. The molecule has 1 saturated carbocycles. The van der Waals surface area contributed by atoms with Gasteiger partial charge in [0.1, 0.15) is 6.04 Å². The summed E-state index contributed by atoms with van der Waals surface area (Å²) in [5, 5.41) is 5.75. The maximum absolute atomic E-state index is 12.2. The fourth-order valence-corrected chi connectivity index (χ4v) is 3.01. The molecule has 0 bridgehead atoms. The molecule has 4 heteroatoms. The maximum Gasteiger partial charge on any atom is 0.242 e. The summed E-state index contributed by atoms with van der Waals surface area (Å²) in [6, 6.07) is 9.24. The summed E-state index contributed by atoms with van der Waals surface area (Å²) in [6.07, 6.45) is 5.27. The lowest BCUT2D eigenvalue weighted by molar-refractivity contribution is -0.129. The van der Waals surface area contributed by atoms with E-state index in [0.717, 1.165) is 18.4 Å². The zero-order chi connectivity index (χ0) is 15.9. The van der Waals surface area contributed by atoms with Gasteiger partial charge in [0.2, 0.25) is 11.8 Å². The van der Waals surface area contributed by atoms with Crippen LogP contribution in [0.1, 0.15) is 57.6 Å². The maximum atomic E-state index is 12.2. The van der Waals surface area contributed by atoms with E-state index >= 15 is 0 Å². The molecule has 0 heterocycles. The molecule has 0 aliphatic heterocycles. The highest BCUT2D eigenvalue weighted by Crippen LogP contribution is 2.27. The number of benzene rings is 1. The second-order valence-corrected chi connectivity index (χ2v) is 6.28. The molecule has 1 aromatic carbocycles. The Morgan fingerprint density at radius 3 is 2.36 bits per heavy atom. The van der Waals surface area contributed by atoms with Gasteiger partial charge in [0.05, 0.1) is 6.04 Å². The van der Waals surface area contributed by atoms with Crippen molar-refractivity contribution in [1.29, 1.82) is 0 Å². The van der Waals surface area contributed by atoms with Crippen molar-refractivity contribution in [3.05, 3.63) is 35.9 Å². The van der Waals surface area contributed by atoms with Gasteiger partial charge < -0.3 is 10.6 Å². The minimum Gasteiger partial charge on any atom is -0.348 e. The van der Waals surface area contributed by atoms with E-state index in [9.17, 15) is 9.59 Å². The number of carbonyl (C=O) groups excluding carboxylic acids is 2. The van der Waals surface area contributed by atoms with Crippen LogP contribution in [0.3, 0.4) is 0 Å². The third kappa shape index (κ3) is 4.86. The minimum atomic E-state index is -0.500. The van der Waals surface area contributed by atoms with Crippen LogP contribution < -0.4 is 10.6 Å². The average Bonchev–Trinajstić information content (AvgIpc) is 3.00. The Labute approximate surface area is 132 Å². The summed E-state index contributed by atoms with van der Waals surface area (Å²) >= 11 is 0. The molecule has 2 atom stereocenters. The van der Waals surface area contributed by atoms with Crippen molar-refractivity contribution in [2.24, 2.45) is 5.92 Å². The van der Waals surface area contributed by atoms with Gasteiger partial charge in [0.25, 0.3) is 0 Å². The highest BCUT2D eigenvalue weighted by Gasteiger charge is 2.22. The smallest absolute Gasteiger partial charge is 0.242 e. The summed E-state index contributed by atoms with van der Waals surface area (Å²) in [5.41, 5.74) is 1.06. The number of nitrogens with one attached hydrogen (secondary N) is 2. The summed E-state index contributed by atoms with van der Waals surface area (Å²) in [4.78, 5) is 24.2. The normalized spacial score (nSPS) is 17.7. The standard InChI is InChI=1S/C18H26N2O2/c1-13(16-10-4-3-5-11-16)20-18(22)14(2)19-17(21)12-15-8-6-7-9-15/h3-5,10-11,13-15H,6-9,12H2,1-2H3,(H,19,21)(H,20,22)/t13-,14-/m0/s1. The van der Waals surface area contributed by atoms with Gasteiger partial charge in [-0.25, -0.2) is 0 Å². The lowest BCUT2D eigenvalue weighted by atomic mass is 10.0. The van der Waals surface area contributed by atoms with Gasteiger partial charge in [-0.15, -0.1) is 0 Å². The van der Waals surface area contributed by atoms with Gasteiger partial charge in [0, 0.05) is 6.42 Å². The third-order valence-electron chi connectivity index (χ3n) is 4.38. The van der Waals surface area contributed by atoms with Crippen LogP contribution >= 0.6 is 0 Å². The molecule has 4 nitrogen and oxygen atoms in total. The second kappa shape index (κ2) is 7.97. The molecule has 0 spiro atoms. The van der Waals surface area contributed by atoms with E-state index < -0.39 is 6.04 Å². The lowest BCUT2D eigenvalue weighted by Crippen LogP contribution is -2.45. The van der Waals surface area contributed by atoms with Crippen LogP contribution in [-0.4, -0.2) is 17.9 Å². The number of amides is 2. The third-order valence-corrected chi connectivity index (χ3v) is 4.38. The number of hydrogen-bond acceptors (Lipinski definition) is 2. The van der Waals surface area contributed by atoms with Crippen LogP contribution in [0.5, 0.6) is 0 Å². The Morgan fingerprint density at radius 1 is 1.09 bits per heavy atom. The summed E-state index contributed by atoms with van der Waals surface area (Å²) < 4.78 is 0. The fourth-order valence-electron chi connectivity index (χ4n) is 3.01. The first-order valence-electron chi connectivity index (χ1n) is 8.21. The Kier molecular flexibility index (Phi) is 5.99. The van der Waals surface area contributed by atoms with Crippen LogP contribution in [0, 0.1) is 5.92 Å². The predicted molar refractivity (Wildman–Crippen MR) is 87.2 cm³/mol. The molecule has 0 radical (unpaired) electrons. The predicted octanol–water partition coefficient (Wildman–Crippen LogP) is 2.95. The van der Waals surface area contributed by atoms with E-state index in [1.807, 2.05) is 37.3 Å². The van der Waals surface area contributed by atoms with Crippen molar-refractivity contribution in [2.75, 3.05) is 0 Å². The zero-order valence-electron chi connectivity index (χ0n) is 13.5. The molecule has 1 aromatic rings. The SMILES string of the molecule is C[C@H](NC(=O)CC1CCCC1)C(=O)N[C@@H](C)c1ccccc1. The van der Waals surface area contributed by atoms with Crippen molar-refractivity contribution in [3.8, 4) is 0 Å². The van der Waals surface area contributed by atoms with Crippen LogP contribution in [0.15, 0.2) is 30.3 Å². The highest BCUT2D eigenvalue weighted by atomic mass is 16.2. The summed E-state index contributed by atoms with van der Waals surface area (Å²) in [5.74, 6) is 0.344. The number of carbonyl (C=O) groups is 2. The van der Waals surface area contributed by atoms with Gasteiger partial charge in [-0.3, -0.25) is 9.59 Å². The Bertz CT molecular complexity index is 495. The van der Waals surface area contributed by atoms with Gasteiger partial charge >= 0.3 is 0 Å². The first-order chi connectivity index (χ1) is 10.6. The average molecular weight is 302 g/mol. The van der Waals surface area contributed by atoms with Crippen molar-refractivity contribution < 1.29 is 9.59 Å². The summed E-state index contributed by atoms with van der Waals surface area (Å²) in [7, 11) is 0. The zero-order valence-corrected chi connectivity index (χ0v) is 13.5. The van der Waals surface area contributed by atoms with Crippen molar-refractivity contribution in [2.45, 2.75) is 58.0 Å². The molecule has 1 fully saturated rings. The highest BCUT2D eigenvalue weighted by molar-refractivity contribution is 5.87. The van der Waals surface area contributed by atoms with E-state index in [2.05, 4.69) is 10.6 Å². The number of hydrogen-bond donors (Lipinski definition) is 2. The van der Waals surface area contributed by atoms with E-state index in [1.165, 1.54) is 12.8 Å². The molecule has 22 heavy (non-hydrogen) atoms. The van der Waals surface area contributed by atoms with Gasteiger partial charge in [-0.1, -0.05) is 43.2 Å². The molecular weight excluding hydrogens is 276 g/mol. The Balaban J connectivity index is 1.77. The van der Waals surface area contributed by atoms with Crippen molar-refractivity contribution in [1.82, 2.24) is 10.6 Å². The molecule has 2 rings (SSSR count). The molecule has 1 aliphatic rings. The molecule has 0 unspecified atom stereocenters. The van der Waals surface area contributed by atoms with Gasteiger partial charge in [-0.05, 0) is 38.2 Å². The minimum absolute atomic E-state index is 0.0121. The van der Waals surface area contributed by atoms with E-state index in [4.69, 9.17) is 0 Å². The number of rotatable bonds is 6. The van der Waals surface area contributed by atoms with E-state index in [0.29, 0.717) is 12.3 Å². The largest absolute Gasteiger partial charge is 0.348 e. The van der Waals surface area contributed by atoms with E-state index in [1.54, 1.807) is 6.92 Å². The molecule has 2 N–H and O–H groups in total. The summed E-state index contributed by atoms with van der Waals surface area (Å²) in [6.45, 7) is 3.68.